The predicted octanol–water partition coefficient (Wildman–Crippen LogP) is 5.15. The molecule has 0 unspecified atom stereocenters. The number of fused-ring (bicyclic) bond motifs is 1. The lowest BCUT2D eigenvalue weighted by Crippen LogP contribution is -2.34. The minimum Gasteiger partial charge on any atom is -0.448 e. The van der Waals surface area contributed by atoms with Gasteiger partial charge in [0.05, 0.1) is 17.8 Å². The molecule has 6 nitrogen and oxygen atoms in total. The summed E-state index contributed by atoms with van der Waals surface area (Å²) in [6.07, 6.45) is 4.04. The van der Waals surface area contributed by atoms with Crippen LogP contribution in [0, 0.1) is 20.8 Å². The molecule has 0 atom stereocenters. The largest absolute Gasteiger partial charge is 0.448 e. The number of rotatable bonds is 4. The number of aryl methyl sites for hydroxylation is 2. The van der Waals surface area contributed by atoms with Crippen molar-refractivity contribution >= 4 is 11.6 Å². The molecule has 1 amide bonds. The minimum absolute atomic E-state index is 0.167. The normalized spacial score (nSPS) is 16.1. The maximum absolute atomic E-state index is 13.1. The van der Waals surface area contributed by atoms with Gasteiger partial charge in [0.2, 0.25) is 0 Å². The van der Waals surface area contributed by atoms with Gasteiger partial charge in [0.1, 0.15) is 0 Å². The summed E-state index contributed by atoms with van der Waals surface area (Å²) in [4.78, 5) is 13.1. The molecule has 0 radical (unpaired) electrons. The number of amides is 1. The van der Waals surface area contributed by atoms with E-state index >= 15 is 0 Å². The Morgan fingerprint density at radius 1 is 1.03 bits per heavy atom. The molecule has 0 saturated heterocycles. The molecule has 2 aliphatic rings. The maximum Gasteiger partial charge on any atom is 0.259 e. The van der Waals surface area contributed by atoms with Gasteiger partial charge in [-0.3, -0.25) is 9.48 Å². The molecule has 2 aromatic carbocycles. The lowest BCUT2D eigenvalue weighted by Gasteiger charge is -2.21. The van der Waals surface area contributed by atoms with Crippen molar-refractivity contribution in [1.82, 2.24) is 9.78 Å². The first-order valence-electron chi connectivity index (χ1n) is 10.9. The first-order chi connectivity index (χ1) is 14.9. The molecule has 5 rings (SSSR count). The summed E-state index contributed by atoms with van der Waals surface area (Å²) in [6.45, 7) is 6.51. The summed E-state index contributed by atoms with van der Waals surface area (Å²) in [6, 6.07) is 13.9. The van der Waals surface area contributed by atoms with E-state index in [-0.39, 0.29) is 5.91 Å². The Morgan fingerprint density at radius 3 is 2.48 bits per heavy atom. The SMILES string of the molecule is Cc1ccc(Cn2nc(C)c(C(=O)Nc3ccc4c(c3)OC3(CCCC3)O4)c2C)cc1. The Morgan fingerprint density at radius 2 is 1.74 bits per heavy atom. The van der Waals surface area contributed by atoms with E-state index < -0.39 is 5.79 Å². The van der Waals surface area contributed by atoms with E-state index in [1.165, 1.54) is 5.56 Å². The van der Waals surface area contributed by atoms with Gasteiger partial charge in [-0.2, -0.15) is 5.10 Å². The van der Waals surface area contributed by atoms with Crippen LogP contribution in [-0.4, -0.2) is 21.5 Å². The maximum atomic E-state index is 13.1. The molecule has 2 heterocycles. The summed E-state index contributed by atoms with van der Waals surface area (Å²) in [7, 11) is 0. The molecule has 160 valence electrons. The highest BCUT2D eigenvalue weighted by Gasteiger charge is 2.44. The van der Waals surface area contributed by atoms with Crippen molar-refractivity contribution in [2.75, 3.05) is 5.32 Å². The summed E-state index contributed by atoms with van der Waals surface area (Å²) in [5.74, 6) is 0.774. The highest BCUT2D eigenvalue weighted by Crippen LogP contribution is 2.47. The van der Waals surface area contributed by atoms with Crippen LogP contribution in [0.2, 0.25) is 0 Å². The Bertz CT molecular complexity index is 1140. The van der Waals surface area contributed by atoms with Gasteiger partial charge in [-0.15, -0.1) is 0 Å². The van der Waals surface area contributed by atoms with E-state index in [0.29, 0.717) is 29.2 Å². The van der Waals surface area contributed by atoms with Crippen molar-refractivity contribution in [2.24, 2.45) is 0 Å². The zero-order valence-corrected chi connectivity index (χ0v) is 18.2. The Balaban J connectivity index is 1.33. The topological polar surface area (TPSA) is 65.4 Å². The van der Waals surface area contributed by atoms with Crippen LogP contribution in [0.15, 0.2) is 42.5 Å². The van der Waals surface area contributed by atoms with Crippen molar-refractivity contribution in [3.05, 3.63) is 70.5 Å². The van der Waals surface area contributed by atoms with Crippen molar-refractivity contribution in [1.29, 1.82) is 0 Å². The molecule has 1 aromatic heterocycles. The Kier molecular flexibility index (Phi) is 4.73. The smallest absolute Gasteiger partial charge is 0.259 e. The van der Waals surface area contributed by atoms with Gasteiger partial charge in [0.25, 0.3) is 11.7 Å². The number of hydrogen-bond donors (Lipinski definition) is 1. The zero-order valence-electron chi connectivity index (χ0n) is 18.2. The molecule has 1 saturated carbocycles. The zero-order chi connectivity index (χ0) is 21.6. The van der Waals surface area contributed by atoms with E-state index in [1.807, 2.05) is 36.7 Å². The predicted molar refractivity (Wildman–Crippen MR) is 119 cm³/mol. The number of nitrogens with zero attached hydrogens (tertiary/aromatic N) is 2. The van der Waals surface area contributed by atoms with Gasteiger partial charge < -0.3 is 14.8 Å². The van der Waals surface area contributed by atoms with Crippen molar-refractivity contribution < 1.29 is 14.3 Å². The molecular weight excluding hydrogens is 390 g/mol. The average molecular weight is 418 g/mol. The number of anilines is 1. The lowest BCUT2D eigenvalue weighted by molar-refractivity contribution is -0.0716. The molecule has 1 fully saturated rings. The number of benzene rings is 2. The van der Waals surface area contributed by atoms with Crippen LogP contribution in [0.1, 0.15) is 58.6 Å². The quantitative estimate of drug-likeness (QED) is 0.638. The third-order valence-electron chi connectivity index (χ3n) is 6.22. The van der Waals surface area contributed by atoms with Crippen molar-refractivity contribution in [3.8, 4) is 11.5 Å². The fourth-order valence-electron chi connectivity index (χ4n) is 4.53. The van der Waals surface area contributed by atoms with Gasteiger partial charge >= 0.3 is 0 Å². The van der Waals surface area contributed by atoms with E-state index in [9.17, 15) is 4.79 Å². The molecule has 1 N–H and O–H groups in total. The van der Waals surface area contributed by atoms with E-state index in [0.717, 1.165) is 42.7 Å². The molecular formula is C25H27N3O3. The van der Waals surface area contributed by atoms with Gasteiger partial charge in [-0.1, -0.05) is 29.8 Å². The molecule has 0 bridgehead atoms. The summed E-state index contributed by atoms with van der Waals surface area (Å²) in [5.41, 5.74) is 5.23. The fraction of sp³-hybridized carbons (Fsp3) is 0.360. The summed E-state index contributed by atoms with van der Waals surface area (Å²) >= 11 is 0. The van der Waals surface area contributed by atoms with Crippen LogP contribution in [-0.2, 0) is 6.54 Å². The number of aromatic nitrogens is 2. The number of ether oxygens (including phenoxy) is 2. The fourth-order valence-corrected chi connectivity index (χ4v) is 4.53. The monoisotopic (exact) mass is 417 g/mol. The molecule has 1 spiro atoms. The second-order valence-electron chi connectivity index (χ2n) is 8.63. The number of carbonyl (C=O) groups excluding carboxylic acids is 1. The first kappa shape index (κ1) is 19.7. The molecule has 1 aliphatic carbocycles. The van der Waals surface area contributed by atoms with Crippen LogP contribution in [0.25, 0.3) is 0 Å². The summed E-state index contributed by atoms with van der Waals surface area (Å²) in [5, 5.41) is 7.61. The van der Waals surface area contributed by atoms with E-state index in [2.05, 4.69) is 41.6 Å². The van der Waals surface area contributed by atoms with E-state index in [1.54, 1.807) is 0 Å². The first-order valence-corrected chi connectivity index (χ1v) is 10.9. The summed E-state index contributed by atoms with van der Waals surface area (Å²) < 4.78 is 14.1. The standard InChI is InChI=1S/C25H27N3O3/c1-16-6-8-19(9-7-16)15-28-18(3)23(17(2)27-28)24(29)26-20-10-11-21-22(14-20)31-25(30-21)12-4-5-13-25/h6-11,14H,4-5,12-13,15H2,1-3H3,(H,26,29). The van der Waals surface area contributed by atoms with Crippen LogP contribution in [0.5, 0.6) is 11.5 Å². The number of carbonyl (C=O) groups is 1. The van der Waals surface area contributed by atoms with Gasteiger partial charge in [-0.05, 0) is 51.3 Å². The Labute approximate surface area is 182 Å². The van der Waals surface area contributed by atoms with Crippen molar-refractivity contribution in [2.45, 2.75) is 58.8 Å². The lowest BCUT2D eigenvalue weighted by atomic mass is 10.1. The second kappa shape index (κ2) is 7.45. The molecule has 31 heavy (non-hydrogen) atoms. The number of nitrogens with one attached hydrogen (secondary N) is 1. The third kappa shape index (κ3) is 3.67. The molecule has 6 heteroatoms. The van der Waals surface area contributed by atoms with Crippen LogP contribution >= 0.6 is 0 Å². The highest BCUT2D eigenvalue weighted by molar-refractivity contribution is 6.06. The number of hydrogen-bond acceptors (Lipinski definition) is 4. The van der Waals surface area contributed by atoms with Crippen molar-refractivity contribution in [3.63, 3.8) is 0 Å². The molecule has 1 aliphatic heterocycles. The average Bonchev–Trinajstić information content (AvgIpc) is 3.41. The van der Waals surface area contributed by atoms with Crippen LogP contribution in [0.3, 0.4) is 0 Å². The van der Waals surface area contributed by atoms with E-state index in [4.69, 9.17) is 9.47 Å². The van der Waals surface area contributed by atoms with Gasteiger partial charge in [0, 0.05) is 30.3 Å². The van der Waals surface area contributed by atoms with Gasteiger partial charge in [0.15, 0.2) is 11.5 Å². The van der Waals surface area contributed by atoms with Gasteiger partial charge in [-0.25, -0.2) is 0 Å². The Hall–Kier alpha value is -3.28. The second-order valence-corrected chi connectivity index (χ2v) is 8.63. The molecule has 3 aromatic rings. The minimum atomic E-state index is -0.505. The third-order valence-corrected chi connectivity index (χ3v) is 6.22. The van der Waals surface area contributed by atoms with Crippen LogP contribution in [0.4, 0.5) is 5.69 Å². The van der Waals surface area contributed by atoms with Crippen LogP contribution < -0.4 is 14.8 Å². The highest BCUT2D eigenvalue weighted by atomic mass is 16.7.